The fraction of sp³-hybridized carbons (Fsp3) is 0.182. The number of carbonyl (C=O) groups excluding carboxylic acids is 1. The lowest BCUT2D eigenvalue weighted by molar-refractivity contribution is -0.137. The average Bonchev–Trinajstić information content (AvgIpc) is 3.27. The zero-order valence-electron chi connectivity index (χ0n) is 15.0. The minimum atomic E-state index is -4.44. The summed E-state index contributed by atoms with van der Waals surface area (Å²) in [5, 5.41) is 10.8. The van der Waals surface area contributed by atoms with Crippen LogP contribution < -0.4 is 0 Å². The maximum Gasteiger partial charge on any atom is 0.416 e. The molecule has 4 rings (SSSR count). The SMILES string of the molecule is O=C(O)c1cc(CC2Cc3c(cccc3-c3cccc(C(F)(F)F)c3)C2=O)cs1. The van der Waals surface area contributed by atoms with E-state index in [1.54, 1.807) is 35.7 Å². The summed E-state index contributed by atoms with van der Waals surface area (Å²) in [4.78, 5) is 24.1. The van der Waals surface area contributed by atoms with Gasteiger partial charge >= 0.3 is 12.1 Å². The van der Waals surface area contributed by atoms with Crippen molar-refractivity contribution in [1.29, 1.82) is 0 Å². The molecule has 3 nitrogen and oxygen atoms in total. The van der Waals surface area contributed by atoms with Gasteiger partial charge in [-0.05, 0) is 58.7 Å². The predicted octanol–water partition coefficient (Wildman–Crippen LogP) is 5.73. The number of carboxylic acid groups (broad SMARTS) is 1. The van der Waals surface area contributed by atoms with Crippen molar-refractivity contribution < 1.29 is 27.9 Å². The van der Waals surface area contributed by atoms with E-state index in [4.69, 9.17) is 5.11 Å². The summed E-state index contributed by atoms with van der Waals surface area (Å²) in [7, 11) is 0. The van der Waals surface area contributed by atoms with Gasteiger partial charge < -0.3 is 5.11 Å². The predicted molar refractivity (Wildman–Crippen MR) is 103 cm³/mol. The minimum absolute atomic E-state index is 0.0584. The van der Waals surface area contributed by atoms with Gasteiger partial charge in [0.25, 0.3) is 0 Å². The van der Waals surface area contributed by atoms with Gasteiger partial charge in [0.15, 0.2) is 5.78 Å². The van der Waals surface area contributed by atoms with Gasteiger partial charge in [-0.3, -0.25) is 4.79 Å². The highest BCUT2D eigenvalue weighted by Gasteiger charge is 2.34. The van der Waals surface area contributed by atoms with E-state index in [0.29, 0.717) is 29.5 Å². The summed E-state index contributed by atoms with van der Waals surface area (Å²) in [5.74, 6) is -1.42. The van der Waals surface area contributed by atoms with E-state index in [9.17, 15) is 22.8 Å². The summed E-state index contributed by atoms with van der Waals surface area (Å²) >= 11 is 1.11. The Morgan fingerprint density at radius 3 is 2.52 bits per heavy atom. The lowest BCUT2D eigenvalue weighted by atomic mass is 9.94. The number of hydrogen-bond donors (Lipinski definition) is 1. The second kappa shape index (κ2) is 7.15. The van der Waals surface area contributed by atoms with Gasteiger partial charge in [-0.1, -0.05) is 30.3 Å². The quantitative estimate of drug-likeness (QED) is 0.591. The van der Waals surface area contributed by atoms with Crippen molar-refractivity contribution in [2.75, 3.05) is 0 Å². The van der Waals surface area contributed by atoms with Crippen LogP contribution in [0.1, 0.15) is 36.7 Å². The highest BCUT2D eigenvalue weighted by Crippen LogP contribution is 2.38. The van der Waals surface area contributed by atoms with E-state index >= 15 is 0 Å². The first-order valence-electron chi connectivity index (χ1n) is 8.88. The summed E-state index contributed by atoms with van der Waals surface area (Å²) < 4.78 is 39.3. The molecule has 0 saturated heterocycles. The molecule has 1 atom stereocenters. The van der Waals surface area contributed by atoms with Gasteiger partial charge in [-0.2, -0.15) is 13.2 Å². The standard InChI is InChI=1S/C22H15F3O3S/c23-22(24,25)15-4-1-3-13(9-15)16-5-2-6-17-18(16)10-14(20(17)26)7-12-8-19(21(27)28)29-11-12/h1-6,8-9,11,14H,7,10H2,(H,27,28). The Labute approximate surface area is 168 Å². The zero-order valence-corrected chi connectivity index (χ0v) is 15.8. The topological polar surface area (TPSA) is 54.4 Å². The van der Waals surface area contributed by atoms with Crippen molar-refractivity contribution in [3.05, 3.63) is 81.0 Å². The number of Topliss-reactive ketones (excluding diaryl/α,β-unsaturated/α-hetero) is 1. The van der Waals surface area contributed by atoms with Crippen molar-refractivity contribution in [2.24, 2.45) is 5.92 Å². The Bertz CT molecular complexity index is 1110. The molecule has 148 valence electrons. The first-order chi connectivity index (χ1) is 13.7. The Morgan fingerprint density at radius 2 is 1.83 bits per heavy atom. The number of carbonyl (C=O) groups is 2. The number of carboxylic acids is 1. The fourth-order valence-corrected chi connectivity index (χ4v) is 4.54. The molecule has 1 unspecified atom stereocenters. The number of aromatic carboxylic acids is 1. The van der Waals surface area contributed by atoms with Crippen molar-refractivity contribution in [1.82, 2.24) is 0 Å². The number of benzene rings is 2. The summed E-state index contributed by atoms with van der Waals surface area (Å²) in [5.41, 5.74) is 2.37. The Morgan fingerprint density at radius 1 is 1.10 bits per heavy atom. The zero-order chi connectivity index (χ0) is 20.8. The Hall–Kier alpha value is -2.93. The molecule has 1 heterocycles. The van der Waals surface area contributed by atoms with Crippen LogP contribution >= 0.6 is 11.3 Å². The van der Waals surface area contributed by atoms with Gasteiger partial charge in [-0.15, -0.1) is 11.3 Å². The largest absolute Gasteiger partial charge is 0.477 e. The summed E-state index contributed by atoms with van der Waals surface area (Å²) in [6.07, 6.45) is -3.62. The highest BCUT2D eigenvalue weighted by molar-refractivity contribution is 7.12. The molecule has 2 aromatic carbocycles. The molecule has 0 radical (unpaired) electrons. The van der Waals surface area contributed by atoms with Gasteiger partial charge in [0.1, 0.15) is 4.88 Å². The number of hydrogen-bond acceptors (Lipinski definition) is 3. The molecule has 1 N–H and O–H groups in total. The van der Waals surface area contributed by atoms with Crippen LogP contribution in [0, 0.1) is 5.92 Å². The number of thiophene rings is 1. The molecular formula is C22H15F3O3S. The van der Waals surface area contributed by atoms with Crippen LogP contribution in [0.4, 0.5) is 13.2 Å². The molecular weight excluding hydrogens is 401 g/mol. The molecule has 7 heteroatoms. The maximum atomic E-state index is 13.1. The van der Waals surface area contributed by atoms with Crippen molar-refractivity contribution >= 4 is 23.1 Å². The van der Waals surface area contributed by atoms with Crippen molar-refractivity contribution in [3.8, 4) is 11.1 Å². The summed E-state index contributed by atoms with van der Waals surface area (Å²) in [6, 6.07) is 11.8. The molecule has 29 heavy (non-hydrogen) atoms. The molecule has 1 aliphatic rings. The third kappa shape index (κ3) is 3.70. The molecule has 1 aromatic heterocycles. The van der Waals surface area contributed by atoms with Gasteiger partial charge in [0.05, 0.1) is 5.56 Å². The van der Waals surface area contributed by atoms with E-state index in [-0.39, 0.29) is 16.6 Å². The van der Waals surface area contributed by atoms with Gasteiger partial charge in [0.2, 0.25) is 0 Å². The average molecular weight is 416 g/mol. The number of rotatable bonds is 4. The van der Waals surface area contributed by atoms with Crippen molar-refractivity contribution in [3.63, 3.8) is 0 Å². The lowest BCUT2D eigenvalue weighted by Crippen LogP contribution is -2.11. The van der Waals surface area contributed by atoms with E-state index in [1.807, 2.05) is 0 Å². The summed E-state index contributed by atoms with van der Waals surface area (Å²) in [6.45, 7) is 0. The van der Waals surface area contributed by atoms with E-state index in [1.165, 1.54) is 6.07 Å². The molecule has 1 aliphatic carbocycles. The van der Waals surface area contributed by atoms with E-state index in [0.717, 1.165) is 34.6 Å². The third-order valence-corrected chi connectivity index (χ3v) is 6.08. The molecule has 0 amide bonds. The molecule has 3 aromatic rings. The monoisotopic (exact) mass is 416 g/mol. The van der Waals surface area contributed by atoms with Crippen LogP contribution in [0.5, 0.6) is 0 Å². The molecule has 0 saturated carbocycles. The number of ketones is 1. The molecule has 0 bridgehead atoms. The lowest BCUT2D eigenvalue weighted by Gasteiger charge is -2.12. The van der Waals surface area contributed by atoms with Crippen LogP contribution in [0.15, 0.2) is 53.9 Å². The Balaban J connectivity index is 1.65. The smallest absolute Gasteiger partial charge is 0.416 e. The normalized spacial score (nSPS) is 16.1. The number of alkyl halides is 3. The van der Waals surface area contributed by atoms with Gasteiger partial charge in [-0.25, -0.2) is 4.79 Å². The van der Waals surface area contributed by atoms with Crippen LogP contribution in [-0.4, -0.2) is 16.9 Å². The van der Waals surface area contributed by atoms with E-state index < -0.39 is 17.7 Å². The minimum Gasteiger partial charge on any atom is -0.477 e. The van der Waals surface area contributed by atoms with Crippen LogP contribution in [-0.2, 0) is 19.0 Å². The highest BCUT2D eigenvalue weighted by atomic mass is 32.1. The van der Waals surface area contributed by atoms with Crippen molar-refractivity contribution in [2.45, 2.75) is 19.0 Å². The first kappa shape index (κ1) is 19.4. The number of fused-ring (bicyclic) bond motifs is 1. The molecule has 0 aliphatic heterocycles. The third-order valence-electron chi connectivity index (χ3n) is 5.11. The fourth-order valence-electron chi connectivity index (χ4n) is 3.77. The maximum absolute atomic E-state index is 13.1. The van der Waals surface area contributed by atoms with Gasteiger partial charge in [0, 0.05) is 11.5 Å². The Kier molecular flexibility index (Phi) is 4.78. The first-order valence-corrected chi connectivity index (χ1v) is 9.76. The second-order valence-electron chi connectivity index (χ2n) is 7.00. The second-order valence-corrected chi connectivity index (χ2v) is 7.92. The molecule has 0 spiro atoms. The van der Waals surface area contributed by atoms with E-state index in [2.05, 4.69) is 0 Å². The van der Waals surface area contributed by atoms with Crippen LogP contribution in [0.3, 0.4) is 0 Å². The van der Waals surface area contributed by atoms with Crippen LogP contribution in [0.2, 0.25) is 0 Å². The number of halogens is 3. The molecule has 0 fully saturated rings. The van der Waals surface area contributed by atoms with Crippen LogP contribution in [0.25, 0.3) is 11.1 Å².